The van der Waals surface area contributed by atoms with Crippen molar-refractivity contribution in [2.24, 2.45) is 0 Å². The highest BCUT2D eigenvalue weighted by atomic mass is 32.2. The van der Waals surface area contributed by atoms with Crippen LogP contribution in [0.1, 0.15) is 64.2 Å². The van der Waals surface area contributed by atoms with E-state index in [-0.39, 0.29) is 0 Å². The molecule has 0 aromatic heterocycles. The number of rotatable bonds is 3. The summed E-state index contributed by atoms with van der Waals surface area (Å²) in [7, 11) is 0. The average Bonchev–Trinajstić information content (AvgIpc) is 2.79. The monoisotopic (exact) mass is 289 g/mol. The molecule has 0 N–H and O–H groups in total. The Kier molecular flexibility index (Phi) is 5.30. The smallest absolute Gasteiger partial charge is 0.0438 e. The van der Waals surface area contributed by atoms with Crippen molar-refractivity contribution >= 4 is 11.8 Å². The molecule has 110 valence electrons. The number of thioether (sulfide) groups is 1. The average molecular weight is 289 g/mol. The van der Waals surface area contributed by atoms with Crippen molar-refractivity contribution in [1.29, 1.82) is 0 Å². The van der Waals surface area contributed by atoms with E-state index >= 15 is 0 Å². The zero-order valence-corrected chi connectivity index (χ0v) is 13.3. The normalized spacial score (nSPS) is 25.3. The minimum atomic E-state index is 0.793. The molecule has 0 unspecified atom stereocenters. The molecule has 0 aromatic rings. The van der Waals surface area contributed by atoms with Crippen LogP contribution in [-0.4, -0.2) is 17.0 Å². The van der Waals surface area contributed by atoms with Gasteiger partial charge in [-0.1, -0.05) is 50.7 Å². The summed E-state index contributed by atoms with van der Waals surface area (Å²) >= 11 is 1.83. The topological polar surface area (TPSA) is 3.24 Å². The van der Waals surface area contributed by atoms with E-state index in [9.17, 15) is 0 Å². The van der Waals surface area contributed by atoms with Gasteiger partial charge in [0.2, 0.25) is 0 Å². The number of allylic oxidation sites excluding steroid dienone is 3. The number of hydrogen-bond donors (Lipinski definition) is 0. The van der Waals surface area contributed by atoms with Crippen LogP contribution in [-0.2, 0) is 0 Å². The van der Waals surface area contributed by atoms with Crippen LogP contribution in [0.3, 0.4) is 0 Å². The van der Waals surface area contributed by atoms with E-state index in [2.05, 4.69) is 33.9 Å². The number of hydrogen-bond acceptors (Lipinski definition) is 2. The maximum atomic E-state index is 2.81. The zero-order valence-electron chi connectivity index (χ0n) is 12.5. The van der Waals surface area contributed by atoms with E-state index < -0.39 is 0 Å². The highest BCUT2D eigenvalue weighted by Gasteiger charge is 2.29. The molecule has 2 aliphatic carbocycles. The van der Waals surface area contributed by atoms with E-state index in [1.165, 1.54) is 69.9 Å². The van der Waals surface area contributed by atoms with E-state index in [1.807, 2.05) is 11.8 Å². The second kappa shape index (κ2) is 7.40. The highest BCUT2D eigenvalue weighted by molar-refractivity contribution is 8.04. The van der Waals surface area contributed by atoms with E-state index in [1.54, 1.807) is 0 Å². The molecule has 0 atom stereocenters. The zero-order chi connectivity index (χ0) is 13.6. The molecular weight excluding hydrogens is 262 g/mol. The fourth-order valence-corrected chi connectivity index (χ4v) is 4.58. The van der Waals surface area contributed by atoms with Gasteiger partial charge >= 0.3 is 0 Å². The molecule has 0 saturated heterocycles. The molecule has 1 heterocycles. The van der Waals surface area contributed by atoms with E-state index in [4.69, 9.17) is 0 Å². The third-order valence-corrected chi connectivity index (χ3v) is 5.65. The quantitative estimate of drug-likeness (QED) is 0.664. The lowest BCUT2D eigenvalue weighted by Crippen LogP contribution is -2.44. The third kappa shape index (κ3) is 3.52. The molecule has 2 fully saturated rings. The van der Waals surface area contributed by atoms with Gasteiger partial charge in [-0.25, -0.2) is 0 Å². The van der Waals surface area contributed by atoms with Gasteiger partial charge in [-0.2, -0.15) is 0 Å². The van der Waals surface area contributed by atoms with Crippen molar-refractivity contribution in [3.63, 3.8) is 0 Å². The lowest BCUT2D eigenvalue weighted by Gasteiger charge is -2.44. The van der Waals surface area contributed by atoms with Crippen LogP contribution in [0.25, 0.3) is 0 Å². The first kappa shape index (κ1) is 14.3. The number of nitrogens with zero attached hydrogens (tertiary/aromatic N) is 1. The fourth-order valence-electron chi connectivity index (χ4n) is 3.98. The first-order chi connectivity index (χ1) is 9.95. The molecular formula is C18H27NS. The lowest BCUT2D eigenvalue weighted by molar-refractivity contribution is 0.123. The van der Waals surface area contributed by atoms with Crippen LogP contribution >= 0.6 is 11.8 Å². The standard InChI is InChI=1S/C18H27NS/c1-3-9-16(10-4-1)19(17-11-5-2-6-12-17)18-13-7-8-14-20-15-18/h7-8,13-17H,1-6,9-12H2. The van der Waals surface area contributed by atoms with Crippen LogP contribution < -0.4 is 0 Å². The van der Waals surface area contributed by atoms with E-state index in [0.29, 0.717) is 0 Å². The SMILES string of the molecule is C1=CSC=C(N(C2CCCCC2)C2CCCCC2)C=C1. The van der Waals surface area contributed by atoms with Gasteiger partial charge in [-0.05, 0) is 42.6 Å². The van der Waals surface area contributed by atoms with Gasteiger partial charge < -0.3 is 4.90 Å². The lowest BCUT2D eigenvalue weighted by atomic mass is 9.88. The minimum Gasteiger partial charge on any atom is -0.365 e. The molecule has 0 bridgehead atoms. The van der Waals surface area contributed by atoms with Gasteiger partial charge in [0.25, 0.3) is 0 Å². The first-order valence-corrected chi connectivity index (χ1v) is 9.36. The van der Waals surface area contributed by atoms with Crippen molar-refractivity contribution in [2.75, 3.05) is 0 Å². The summed E-state index contributed by atoms with van der Waals surface area (Å²) in [6, 6.07) is 1.59. The summed E-state index contributed by atoms with van der Waals surface area (Å²) in [5, 5.41) is 4.55. The maximum Gasteiger partial charge on any atom is 0.0438 e. The molecule has 2 saturated carbocycles. The molecule has 2 heteroatoms. The van der Waals surface area contributed by atoms with Gasteiger partial charge in [0, 0.05) is 17.8 Å². The van der Waals surface area contributed by atoms with Crippen molar-refractivity contribution < 1.29 is 0 Å². The summed E-state index contributed by atoms with van der Waals surface area (Å²) in [5.74, 6) is 0. The summed E-state index contributed by atoms with van der Waals surface area (Å²) in [4.78, 5) is 2.81. The van der Waals surface area contributed by atoms with Crippen LogP contribution in [0.5, 0.6) is 0 Å². The fraction of sp³-hybridized carbons (Fsp3) is 0.667. The van der Waals surface area contributed by atoms with Crippen LogP contribution in [0.2, 0.25) is 0 Å². The Morgan fingerprint density at radius 1 is 0.800 bits per heavy atom. The van der Waals surface area contributed by atoms with Gasteiger partial charge in [0.05, 0.1) is 0 Å². The van der Waals surface area contributed by atoms with E-state index in [0.717, 1.165) is 12.1 Å². The van der Waals surface area contributed by atoms with Crippen molar-refractivity contribution in [2.45, 2.75) is 76.3 Å². The second-order valence-electron chi connectivity index (χ2n) is 6.36. The Morgan fingerprint density at radius 2 is 1.40 bits per heavy atom. The van der Waals surface area contributed by atoms with Crippen molar-refractivity contribution in [1.82, 2.24) is 4.90 Å². The molecule has 1 nitrogen and oxygen atoms in total. The predicted octanol–water partition coefficient (Wildman–Crippen LogP) is 5.61. The Balaban J connectivity index is 1.79. The summed E-state index contributed by atoms with van der Waals surface area (Å²) < 4.78 is 0. The summed E-state index contributed by atoms with van der Waals surface area (Å²) in [6.45, 7) is 0. The first-order valence-electron chi connectivity index (χ1n) is 8.42. The minimum absolute atomic E-state index is 0.793. The highest BCUT2D eigenvalue weighted by Crippen LogP contribution is 2.34. The van der Waals surface area contributed by atoms with Crippen LogP contribution in [0.15, 0.2) is 34.7 Å². The van der Waals surface area contributed by atoms with Gasteiger partial charge in [-0.3, -0.25) is 0 Å². The Morgan fingerprint density at radius 3 is 2.00 bits per heavy atom. The molecule has 0 aromatic carbocycles. The van der Waals surface area contributed by atoms with Crippen molar-refractivity contribution in [3.05, 3.63) is 34.7 Å². The van der Waals surface area contributed by atoms with Crippen molar-refractivity contribution in [3.8, 4) is 0 Å². The molecule has 0 amide bonds. The molecule has 20 heavy (non-hydrogen) atoms. The Bertz CT molecular complexity index is 366. The van der Waals surface area contributed by atoms with Crippen LogP contribution in [0.4, 0.5) is 0 Å². The van der Waals surface area contributed by atoms with Gasteiger partial charge in [0.1, 0.15) is 0 Å². The molecule has 3 rings (SSSR count). The predicted molar refractivity (Wildman–Crippen MR) is 89.5 cm³/mol. The largest absolute Gasteiger partial charge is 0.365 e. The molecule has 0 radical (unpaired) electrons. The summed E-state index contributed by atoms with van der Waals surface area (Å²) in [6.07, 6.45) is 20.9. The maximum absolute atomic E-state index is 2.81. The third-order valence-electron chi connectivity index (χ3n) is 4.96. The molecule has 0 spiro atoms. The summed E-state index contributed by atoms with van der Waals surface area (Å²) in [5.41, 5.74) is 1.47. The Labute approximate surface area is 128 Å². The Hall–Kier alpha value is -0.630. The molecule has 1 aliphatic heterocycles. The second-order valence-corrected chi connectivity index (χ2v) is 7.14. The van der Waals surface area contributed by atoms with Gasteiger partial charge in [-0.15, -0.1) is 11.8 Å². The van der Waals surface area contributed by atoms with Gasteiger partial charge in [0.15, 0.2) is 0 Å². The molecule has 3 aliphatic rings. The van der Waals surface area contributed by atoms with Crippen LogP contribution in [0, 0.1) is 0 Å².